The molecule has 1 saturated carbocycles. The van der Waals surface area contributed by atoms with Gasteiger partial charge in [-0.15, -0.1) is 0 Å². The van der Waals surface area contributed by atoms with Gasteiger partial charge in [-0.25, -0.2) is 17.6 Å². The second-order valence-electron chi connectivity index (χ2n) is 10.4. The molecule has 0 saturated heterocycles. The van der Waals surface area contributed by atoms with E-state index in [1.807, 2.05) is 6.92 Å². The summed E-state index contributed by atoms with van der Waals surface area (Å²) in [5, 5.41) is 10.1. The molecular weight excluding hydrogens is 511 g/mol. The summed E-state index contributed by atoms with van der Waals surface area (Å²) in [6, 6.07) is 10.2. The average molecular weight is 547 g/mol. The van der Waals surface area contributed by atoms with Crippen LogP contribution in [0.15, 0.2) is 42.5 Å². The number of benzene rings is 3. The zero-order chi connectivity index (χ0) is 28.1. The van der Waals surface area contributed by atoms with Crippen molar-refractivity contribution in [2.75, 3.05) is 6.61 Å². The van der Waals surface area contributed by atoms with Crippen LogP contribution in [0.5, 0.6) is 5.75 Å². The van der Waals surface area contributed by atoms with E-state index < -0.39 is 35.2 Å². The smallest absolute Gasteiger partial charge is 0.201 e. The lowest BCUT2D eigenvalue weighted by atomic mass is 9.76. The van der Waals surface area contributed by atoms with Crippen LogP contribution in [0, 0.1) is 35.0 Å². The van der Waals surface area contributed by atoms with E-state index in [9.17, 15) is 27.1 Å². The molecule has 1 aliphatic rings. The van der Waals surface area contributed by atoms with Crippen molar-refractivity contribution in [3.05, 3.63) is 88.2 Å². The van der Waals surface area contributed by atoms with Crippen LogP contribution in [-0.2, 0) is 6.42 Å². The molecule has 1 fully saturated rings. The molecule has 0 radical (unpaired) electrons. The quantitative estimate of drug-likeness (QED) is 0.257. The topological polar surface area (TPSA) is 29.5 Å². The zero-order valence-corrected chi connectivity index (χ0v) is 22.4. The second-order valence-corrected chi connectivity index (χ2v) is 10.4. The van der Waals surface area contributed by atoms with E-state index in [1.54, 1.807) is 25.1 Å². The molecule has 3 aromatic rings. The molecule has 210 valence electrons. The van der Waals surface area contributed by atoms with Gasteiger partial charge in [-0.1, -0.05) is 37.6 Å². The Morgan fingerprint density at radius 2 is 1.59 bits per heavy atom. The van der Waals surface area contributed by atoms with Crippen molar-refractivity contribution >= 4 is 0 Å². The van der Waals surface area contributed by atoms with E-state index in [0.29, 0.717) is 49.1 Å². The van der Waals surface area contributed by atoms with Gasteiger partial charge in [0.1, 0.15) is 5.82 Å². The summed E-state index contributed by atoms with van der Waals surface area (Å²) in [6.07, 6.45) is 4.34. The maximum Gasteiger partial charge on any atom is 0.201 e. The standard InChI is InChI=1S/C32H35F5O2/c1-3-5-27(38)25-15-14-23(29(34)31(25)36)20-9-6-19(7-10-20)8-11-21-12-13-22(18-26(21)33)24-16-17-28(39-4-2)32(37)30(24)35/h12-20,27,38H,3-11H2,1-2H3. The van der Waals surface area contributed by atoms with E-state index in [0.717, 1.165) is 19.3 Å². The summed E-state index contributed by atoms with van der Waals surface area (Å²) in [5.41, 5.74) is 1.09. The van der Waals surface area contributed by atoms with Crippen molar-refractivity contribution in [2.45, 2.75) is 77.2 Å². The van der Waals surface area contributed by atoms with Gasteiger partial charge >= 0.3 is 0 Å². The summed E-state index contributed by atoms with van der Waals surface area (Å²) in [7, 11) is 0. The molecule has 1 aliphatic carbocycles. The van der Waals surface area contributed by atoms with Crippen LogP contribution >= 0.6 is 0 Å². The molecule has 0 heterocycles. The second kappa shape index (κ2) is 12.9. The van der Waals surface area contributed by atoms with E-state index in [4.69, 9.17) is 4.74 Å². The van der Waals surface area contributed by atoms with Gasteiger partial charge in [0, 0.05) is 11.1 Å². The minimum Gasteiger partial charge on any atom is -0.491 e. The van der Waals surface area contributed by atoms with Crippen molar-refractivity contribution in [3.8, 4) is 16.9 Å². The number of aliphatic hydroxyl groups is 1. The highest BCUT2D eigenvalue weighted by atomic mass is 19.2. The lowest BCUT2D eigenvalue weighted by Crippen LogP contribution is -2.16. The summed E-state index contributed by atoms with van der Waals surface area (Å²) in [5.74, 6) is -4.40. The van der Waals surface area contributed by atoms with Gasteiger partial charge in [-0.05, 0) is 98.6 Å². The monoisotopic (exact) mass is 546 g/mol. The Bertz CT molecular complexity index is 1280. The first-order valence-corrected chi connectivity index (χ1v) is 13.8. The summed E-state index contributed by atoms with van der Waals surface area (Å²) in [6.45, 7) is 3.75. The maximum absolute atomic E-state index is 14.9. The highest BCUT2D eigenvalue weighted by Crippen LogP contribution is 2.40. The molecule has 7 heteroatoms. The summed E-state index contributed by atoms with van der Waals surface area (Å²) < 4.78 is 78.2. The molecule has 0 spiro atoms. The van der Waals surface area contributed by atoms with Gasteiger partial charge in [0.05, 0.1) is 12.7 Å². The van der Waals surface area contributed by atoms with Gasteiger partial charge in [0.25, 0.3) is 0 Å². The molecule has 0 aromatic heterocycles. The van der Waals surface area contributed by atoms with E-state index >= 15 is 0 Å². The van der Waals surface area contributed by atoms with Gasteiger partial charge in [-0.3, -0.25) is 0 Å². The first-order valence-electron chi connectivity index (χ1n) is 13.8. The fourth-order valence-electron chi connectivity index (χ4n) is 5.64. The van der Waals surface area contributed by atoms with Crippen LogP contribution in [0.2, 0.25) is 0 Å². The molecule has 1 unspecified atom stereocenters. The maximum atomic E-state index is 14.9. The lowest BCUT2D eigenvalue weighted by molar-refractivity contribution is 0.160. The van der Waals surface area contributed by atoms with Crippen LogP contribution in [0.3, 0.4) is 0 Å². The van der Waals surface area contributed by atoms with Crippen molar-refractivity contribution in [3.63, 3.8) is 0 Å². The van der Waals surface area contributed by atoms with Gasteiger partial charge in [0.15, 0.2) is 23.2 Å². The molecule has 4 rings (SSSR count). The predicted octanol–water partition coefficient (Wildman–Crippen LogP) is 9.19. The molecule has 0 aliphatic heterocycles. The zero-order valence-electron chi connectivity index (χ0n) is 22.4. The van der Waals surface area contributed by atoms with Gasteiger partial charge in [0.2, 0.25) is 5.82 Å². The number of ether oxygens (including phenoxy) is 1. The fraction of sp³-hybridized carbons (Fsp3) is 0.438. The average Bonchev–Trinajstić information content (AvgIpc) is 2.93. The Hall–Kier alpha value is -2.93. The van der Waals surface area contributed by atoms with Crippen LogP contribution in [-0.4, -0.2) is 11.7 Å². The number of aryl methyl sites for hydroxylation is 1. The molecule has 1 N–H and O–H groups in total. The number of hydrogen-bond donors (Lipinski definition) is 1. The molecular formula is C32H35F5O2. The largest absolute Gasteiger partial charge is 0.491 e. The number of aliphatic hydroxyl groups excluding tert-OH is 1. The molecule has 39 heavy (non-hydrogen) atoms. The number of hydrogen-bond acceptors (Lipinski definition) is 2. The van der Waals surface area contributed by atoms with Gasteiger partial charge < -0.3 is 9.84 Å². The van der Waals surface area contributed by atoms with E-state index in [2.05, 4.69) is 0 Å². The summed E-state index contributed by atoms with van der Waals surface area (Å²) in [4.78, 5) is 0. The summed E-state index contributed by atoms with van der Waals surface area (Å²) >= 11 is 0. The number of halogens is 5. The van der Waals surface area contributed by atoms with Crippen molar-refractivity contribution in [2.24, 2.45) is 5.92 Å². The molecule has 1 atom stereocenters. The lowest BCUT2D eigenvalue weighted by Gasteiger charge is -2.29. The molecule has 2 nitrogen and oxygen atoms in total. The highest BCUT2D eigenvalue weighted by molar-refractivity contribution is 5.65. The normalized spacial score (nSPS) is 18.3. The third-order valence-electron chi connectivity index (χ3n) is 7.88. The van der Waals surface area contributed by atoms with Crippen molar-refractivity contribution < 1.29 is 31.8 Å². The Morgan fingerprint density at radius 1 is 0.846 bits per heavy atom. The fourth-order valence-corrected chi connectivity index (χ4v) is 5.64. The SMILES string of the molecule is CCCC(O)c1ccc(C2CCC(CCc3ccc(-c4ccc(OCC)c(F)c4F)cc3F)CC2)c(F)c1F. The van der Waals surface area contributed by atoms with Crippen LogP contribution in [0.25, 0.3) is 11.1 Å². The first-order chi connectivity index (χ1) is 18.7. The molecule has 0 bridgehead atoms. The van der Waals surface area contributed by atoms with E-state index in [1.165, 1.54) is 24.3 Å². The van der Waals surface area contributed by atoms with Crippen LogP contribution in [0.1, 0.15) is 87.5 Å². The predicted molar refractivity (Wildman–Crippen MR) is 142 cm³/mol. The Kier molecular flexibility index (Phi) is 9.65. The Balaban J connectivity index is 1.35. The molecule has 3 aromatic carbocycles. The minimum atomic E-state index is -1.10. The minimum absolute atomic E-state index is 0.00947. The van der Waals surface area contributed by atoms with Crippen LogP contribution < -0.4 is 4.74 Å². The Labute approximate surface area is 226 Å². The van der Waals surface area contributed by atoms with Crippen LogP contribution in [0.4, 0.5) is 22.0 Å². The molecule has 0 amide bonds. The van der Waals surface area contributed by atoms with Crippen molar-refractivity contribution in [1.82, 2.24) is 0 Å². The first kappa shape index (κ1) is 29.1. The highest BCUT2D eigenvalue weighted by Gasteiger charge is 2.27. The van der Waals surface area contributed by atoms with E-state index in [-0.39, 0.29) is 35.0 Å². The third-order valence-corrected chi connectivity index (χ3v) is 7.88. The van der Waals surface area contributed by atoms with Crippen molar-refractivity contribution in [1.29, 1.82) is 0 Å². The third kappa shape index (κ3) is 6.46. The number of rotatable bonds is 10. The Morgan fingerprint density at radius 3 is 2.26 bits per heavy atom. The van der Waals surface area contributed by atoms with Gasteiger partial charge in [-0.2, -0.15) is 4.39 Å².